The van der Waals surface area contributed by atoms with Crippen LogP contribution < -0.4 is 5.32 Å². The second kappa shape index (κ2) is 7.61. The molecule has 1 fully saturated rings. The minimum atomic E-state index is -4.53. The molecule has 6 heteroatoms. The number of ether oxygens (including phenoxy) is 1. The number of nitrogens with one attached hydrogen (secondary N) is 1. The number of hydrogen-bond acceptors (Lipinski definition) is 3. The van der Waals surface area contributed by atoms with Crippen molar-refractivity contribution in [3.63, 3.8) is 0 Å². The lowest BCUT2D eigenvalue weighted by molar-refractivity contribution is -0.325. The zero-order valence-corrected chi connectivity index (χ0v) is 12.7. The van der Waals surface area contributed by atoms with Gasteiger partial charge < -0.3 is 5.32 Å². The molecule has 0 aromatic rings. The van der Waals surface area contributed by atoms with Crippen LogP contribution >= 0.6 is 0 Å². The zero-order chi connectivity index (χ0) is 15.2. The molecule has 1 N–H and O–H groups in total. The SMILES string of the molecule is CCCC1CN(CCOC(F)(F)F)C(CC)(CC)CN1. The molecule has 0 radical (unpaired) electrons. The minimum Gasteiger partial charge on any atom is -0.311 e. The Balaban J connectivity index is 2.62. The van der Waals surface area contributed by atoms with Crippen molar-refractivity contribution >= 4 is 0 Å². The van der Waals surface area contributed by atoms with E-state index in [4.69, 9.17) is 0 Å². The van der Waals surface area contributed by atoms with Crippen molar-refractivity contribution in [1.82, 2.24) is 10.2 Å². The summed E-state index contributed by atoms with van der Waals surface area (Å²) < 4.78 is 40.3. The summed E-state index contributed by atoms with van der Waals surface area (Å²) in [5, 5.41) is 3.54. The molecule has 0 amide bonds. The van der Waals surface area contributed by atoms with E-state index in [-0.39, 0.29) is 12.1 Å². The lowest BCUT2D eigenvalue weighted by atomic mass is 9.86. The van der Waals surface area contributed by atoms with Crippen LogP contribution in [0.15, 0.2) is 0 Å². The first-order valence-electron chi connectivity index (χ1n) is 7.56. The molecular weight excluding hydrogens is 269 g/mol. The van der Waals surface area contributed by atoms with Crippen molar-refractivity contribution in [2.24, 2.45) is 0 Å². The van der Waals surface area contributed by atoms with E-state index < -0.39 is 6.36 Å². The van der Waals surface area contributed by atoms with Gasteiger partial charge in [-0.3, -0.25) is 9.64 Å². The Labute approximate surface area is 119 Å². The Morgan fingerprint density at radius 1 is 1.25 bits per heavy atom. The van der Waals surface area contributed by atoms with Gasteiger partial charge in [-0.2, -0.15) is 0 Å². The summed E-state index contributed by atoms with van der Waals surface area (Å²) in [4.78, 5) is 2.19. The Bertz CT molecular complexity index is 280. The van der Waals surface area contributed by atoms with E-state index in [0.717, 1.165) is 38.8 Å². The second-order valence-corrected chi connectivity index (χ2v) is 5.54. The largest absolute Gasteiger partial charge is 0.522 e. The summed E-state index contributed by atoms with van der Waals surface area (Å²) in [5.74, 6) is 0. The lowest BCUT2D eigenvalue weighted by Crippen LogP contribution is -2.64. The van der Waals surface area contributed by atoms with Gasteiger partial charge in [-0.25, -0.2) is 0 Å². The molecular formula is C14H27F3N2O. The van der Waals surface area contributed by atoms with E-state index in [1.807, 2.05) is 0 Å². The normalized spacial score (nSPS) is 24.0. The van der Waals surface area contributed by atoms with Gasteiger partial charge in [-0.05, 0) is 19.3 Å². The molecule has 0 aromatic carbocycles. The highest BCUT2D eigenvalue weighted by Crippen LogP contribution is 2.28. The fraction of sp³-hybridized carbons (Fsp3) is 1.00. The van der Waals surface area contributed by atoms with Crippen LogP contribution in [0.25, 0.3) is 0 Å². The summed E-state index contributed by atoms with van der Waals surface area (Å²) in [5.41, 5.74) is -0.0425. The third kappa shape index (κ3) is 4.90. The lowest BCUT2D eigenvalue weighted by Gasteiger charge is -2.49. The molecule has 0 aromatic heterocycles. The molecule has 1 rings (SSSR count). The standard InChI is InChI=1S/C14H27F3N2O/c1-4-7-12-10-19(8-9-20-14(15,16)17)13(5-2,6-3)11-18-12/h12,18H,4-11H2,1-3H3. The van der Waals surface area contributed by atoms with E-state index >= 15 is 0 Å². The third-order valence-electron chi connectivity index (χ3n) is 4.41. The zero-order valence-electron chi connectivity index (χ0n) is 12.7. The van der Waals surface area contributed by atoms with Gasteiger partial charge in [0, 0.05) is 31.2 Å². The highest BCUT2D eigenvalue weighted by atomic mass is 19.4. The van der Waals surface area contributed by atoms with Gasteiger partial charge in [-0.15, -0.1) is 13.2 Å². The van der Waals surface area contributed by atoms with E-state index in [0.29, 0.717) is 12.6 Å². The Morgan fingerprint density at radius 2 is 1.90 bits per heavy atom. The molecule has 3 nitrogen and oxygen atoms in total. The molecule has 120 valence electrons. The fourth-order valence-electron chi connectivity index (χ4n) is 3.06. The van der Waals surface area contributed by atoms with Crippen molar-refractivity contribution in [2.45, 2.75) is 64.4 Å². The van der Waals surface area contributed by atoms with E-state index in [1.165, 1.54) is 0 Å². The summed E-state index contributed by atoms with van der Waals surface area (Å²) in [6.45, 7) is 8.02. The maximum atomic E-state index is 12.1. The molecule has 0 spiro atoms. The maximum Gasteiger partial charge on any atom is 0.522 e. The quantitative estimate of drug-likeness (QED) is 0.781. The maximum absolute atomic E-state index is 12.1. The monoisotopic (exact) mass is 296 g/mol. The van der Waals surface area contributed by atoms with E-state index in [1.54, 1.807) is 0 Å². The molecule has 0 aliphatic carbocycles. The van der Waals surface area contributed by atoms with Crippen LogP contribution in [0.4, 0.5) is 13.2 Å². The average Bonchev–Trinajstić information content (AvgIpc) is 2.39. The molecule has 1 aliphatic heterocycles. The molecule has 1 saturated heterocycles. The molecule has 20 heavy (non-hydrogen) atoms. The van der Waals surface area contributed by atoms with Gasteiger partial charge in [0.2, 0.25) is 0 Å². The van der Waals surface area contributed by atoms with Gasteiger partial charge >= 0.3 is 6.36 Å². The van der Waals surface area contributed by atoms with Crippen LogP contribution in [-0.4, -0.2) is 49.1 Å². The molecule has 1 atom stereocenters. The van der Waals surface area contributed by atoms with E-state index in [9.17, 15) is 13.2 Å². The number of piperazine rings is 1. The predicted molar refractivity (Wildman–Crippen MR) is 73.6 cm³/mol. The van der Waals surface area contributed by atoms with Crippen LogP contribution in [0.1, 0.15) is 46.5 Å². The molecule has 1 aliphatic rings. The summed E-state index contributed by atoms with van der Waals surface area (Å²) in [6.07, 6.45) is -0.531. The first-order valence-corrected chi connectivity index (χ1v) is 7.56. The minimum absolute atomic E-state index is 0.0425. The van der Waals surface area contributed by atoms with Crippen molar-refractivity contribution < 1.29 is 17.9 Å². The average molecular weight is 296 g/mol. The van der Waals surface area contributed by atoms with Gasteiger partial charge in [0.15, 0.2) is 0 Å². The number of alkyl halides is 3. The first kappa shape index (κ1) is 17.7. The highest BCUT2D eigenvalue weighted by Gasteiger charge is 2.39. The number of nitrogens with zero attached hydrogens (tertiary/aromatic N) is 1. The summed E-state index contributed by atoms with van der Waals surface area (Å²) in [7, 11) is 0. The van der Waals surface area contributed by atoms with Crippen LogP contribution in [0, 0.1) is 0 Å². The molecule has 0 saturated carbocycles. The summed E-state index contributed by atoms with van der Waals surface area (Å²) in [6, 6.07) is 0.372. The van der Waals surface area contributed by atoms with Crippen LogP contribution in [0.2, 0.25) is 0 Å². The molecule has 1 heterocycles. The number of rotatable bonds is 7. The van der Waals surface area contributed by atoms with Crippen molar-refractivity contribution in [3.8, 4) is 0 Å². The fourth-order valence-corrected chi connectivity index (χ4v) is 3.06. The van der Waals surface area contributed by atoms with Crippen molar-refractivity contribution in [3.05, 3.63) is 0 Å². The van der Waals surface area contributed by atoms with Crippen LogP contribution in [0.5, 0.6) is 0 Å². The smallest absolute Gasteiger partial charge is 0.311 e. The van der Waals surface area contributed by atoms with Crippen LogP contribution in [-0.2, 0) is 4.74 Å². The van der Waals surface area contributed by atoms with Crippen LogP contribution in [0.3, 0.4) is 0 Å². The number of hydrogen-bond donors (Lipinski definition) is 1. The third-order valence-corrected chi connectivity index (χ3v) is 4.41. The molecule has 1 unspecified atom stereocenters. The summed E-state index contributed by atoms with van der Waals surface area (Å²) >= 11 is 0. The Morgan fingerprint density at radius 3 is 2.40 bits per heavy atom. The topological polar surface area (TPSA) is 24.5 Å². The van der Waals surface area contributed by atoms with Crippen molar-refractivity contribution in [2.75, 3.05) is 26.2 Å². The van der Waals surface area contributed by atoms with Gasteiger partial charge in [0.05, 0.1) is 6.61 Å². The Hall–Kier alpha value is -0.330. The highest BCUT2D eigenvalue weighted by molar-refractivity contribution is 4.97. The Kier molecular flexibility index (Phi) is 6.75. The van der Waals surface area contributed by atoms with Gasteiger partial charge in [-0.1, -0.05) is 27.2 Å². The van der Waals surface area contributed by atoms with E-state index in [2.05, 4.69) is 35.7 Å². The predicted octanol–water partition coefficient (Wildman–Crippen LogP) is 3.16. The second-order valence-electron chi connectivity index (χ2n) is 5.54. The number of halogens is 3. The van der Waals surface area contributed by atoms with Crippen molar-refractivity contribution in [1.29, 1.82) is 0 Å². The first-order chi connectivity index (χ1) is 9.37. The molecule has 0 bridgehead atoms. The van der Waals surface area contributed by atoms with Gasteiger partial charge in [0.1, 0.15) is 0 Å². The van der Waals surface area contributed by atoms with Gasteiger partial charge in [0.25, 0.3) is 0 Å².